The summed E-state index contributed by atoms with van der Waals surface area (Å²) in [6.07, 6.45) is -2.08. The van der Waals surface area contributed by atoms with E-state index in [0.717, 1.165) is 10.6 Å². The van der Waals surface area contributed by atoms with Crippen molar-refractivity contribution in [3.63, 3.8) is 0 Å². The number of aliphatic hydroxyl groups excluding tert-OH is 1. The Hall–Kier alpha value is -1.55. The van der Waals surface area contributed by atoms with Crippen molar-refractivity contribution in [1.29, 1.82) is 0 Å². The minimum absolute atomic E-state index is 0.580. The summed E-state index contributed by atoms with van der Waals surface area (Å²) in [5.74, 6) is -3.56. The summed E-state index contributed by atoms with van der Waals surface area (Å²) >= 11 is 0. The predicted octanol–water partition coefficient (Wildman–Crippen LogP) is -0.756. The highest BCUT2D eigenvalue weighted by atomic mass is 19.2. The van der Waals surface area contributed by atoms with Crippen LogP contribution in [0, 0.1) is 0 Å². The van der Waals surface area contributed by atoms with Crippen LogP contribution in [0.1, 0.15) is 20.1 Å². The zero-order chi connectivity index (χ0) is 15.4. The van der Waals surface area contributed by atoms with Crippen molar-refractivity contribution in [2.24, 2.45) is 0 Å². The number of rotatable bonds is 2. The molecule has 1 aromatic rings. The van der Waals surface area contributed by atoms with Gasteiger partial charge in [0.25, 0.3) is 11.4 Å². The molecule has 3 rings (SSSR count). The van der Waals surface area contributed by atoms with Crippen LogP contribution in [0.15, 0.2) is 21.9 Å². The normalized spacial score (nSPS) is 37.6. The fourth-order valence-electron chi connectivity index (χ4n) is 2.64. The molecule has 2 fully saturated rings. The molecule has 0 bridgehead atoms. The summed E-state index contributed by atoms with van der Waals surface area (Å²) in [4.78, 5) is 25.0. The number of halogens is 1. The van der Waals surface area contributed by atoms with Crippen molar-refractivity contribution >= 4 is 0 Å². The van der Waals surface area contributed by atoms with Crippen LogP contribution < -0.4 is 11.2 Å². The highest BCUT2D eigenvalue weighted by molar-refractivity contribution is 5.02. The van der Waals surface area contributed by atoms with Gasteiger partial charge in [-0.15, -0.1) is 0 Å². The highest BCUT2D eigenvalue weighted by Crippen LogP contribution is 2.48. The topological polar surface area (TPSA) is 103 Å². The Balaban J connectivity index is 2.04. The van der Waals surface area contributed by atoms with Gasteiger partial charge >= 0.3 is 5.69 Å². The Morgan fingerprint density at radius 3 is 2.71 bits per heavy atom. The first-order valence-corrected chi connectivity index (χ1v) is 6.40. The lowest BCUT2D eigenvalue weighted by Crippen LogP contribution is -2.42. The number of aliphatic hydroxyl groups is 1. The van der Waals surface area contributed by atoms with Crippen LogP contribution in [0.4, 0.5) is 4.39 Å². The van der Waals surface area contributed by atoms with Gasteiger partial charge in [-0.05, 0) is 13.8 Å². The molecule has 9 heteroatoms. The number of nitrogens with zero attached hydrogens (tertiary/aromatic N) is 1. The molecule has 0 radical (unpaired) electrons. The number of nitrogens with one attached hydrogen (secondary N) is 1. The van der Waals surface area contributed by atoms with E-state index in [4.69, 9.17) is 14.2 Å². The number of fused-ring (bicyclic) bond motifs is 1. The van der Waals surface area contributed by atoms with Gasteiger partial charge < -0.3 is 19.3 Å². The smallest absolute Gasteiger partial charge is 0.330 e. The molecule has 4 atom stereocenters. The molecular weight excluding hydrogens is 287 g/mol. The monoisotopic (exact) mass is 302 g/mol. The lowest BCUT2D eigenvalue weighted by molar-refractivity contribution is -0.265. The highest BCUT2D eigenvalue weighted by Gasteiger charge is 2.64. The van der Waals surface area contributed by atoms with Crippen molar-refractivity contribution in [1.82, 2.24) is 9.55 Å². The predicted molar refractivity (Wildman–Crippen MR) is 66.2 cm³/mol. The third-order valence-electron chi connectivity index (χ3n) is 3.49. The first kappa shape index (κ1) is 14.4. The molecule has 2 unspecified atom stereocenters. The van der Waals surface area contributed by atoms with E-state index in [0.29, 0.717) is 0 Å². The number of alkyl halides is 1. The standard InChI is InChI=1S/C12H15FN2O6/c1-11(2)19-7-8(20-11)12(13,5-16)21-9(7)15-4-3-6(17)14-10(15)18/h3-4,7-9,16H,5H2,1-2H3,(H,14,17,18)/t7?,8-,9?,12+/m0/s1. The van der Waals surface area contributed by atoms with E-state index in [1.54, 1.807) is 13.8 Å². The van der Waals surface area contributed by atoms with Gasteiger partial charge in [-0.2, -0.15) is 0 Å². The SMILES string of the molecule is CC1(C)OC2C(n3ccc(=O)[nH]c3=O)O[C@](F)(CO)[C@H]2O1. The molecule has 116 valence electrons. The van der Waals surface area contributed by atoms with Gasteiger partial charge in [-0.1, -0.05) is 0 Å². The van der Waals surface area contributed by atoms with E-state index >= 15 is 0 Å². The van der Waals surface area contributed by atoms with Crippen LogP contribution in [0.25, 0.3) is 0 Å². The van der Waals surface area contributed by atoms with Crippen LogP contribution in [-0.2, 0) is 14.2 Å². The molecule has 1 aromatic heterocycles. The first-order valence-electron chi connectivity index (χ1n) is 6.40. The van der Waals surface area contributed by atoms with E-state index in [-0.39, 0.29) is 0 Å². The number of aromatic nitrogens is 2. The van der Waals surface area contributed by atoms with E-state index in [9.17, 15) is 19.1 Å². The quantitative estimate of drug-likeness (QED) is 0.745. The van der Waals surface area contributed by atoms with Crippen molar-refractivity contribution in [3.05, 3.63) is 33.1 Å². The molecule has 8 nitrogen and oxygen atoms in total. The van der Waals surface area contributed by atoms with Gasteiger partial charge in [-0.3, -0.25) is 14.3 Å². The Kier molecular flexibility index (Phi) is 3.06. The summed E-state index contributed by atoms with van der Waals surface area (Å²) in [5.41, 5.74) is -1.34. The summed E-state index contributed by atoms with van der Waals surface area (Å²) in [6, 6.07) is 1.11. The van der Waals surface area contributed by atoms with Crippen molar-refractivity contribution < 1.29 is 23.7 Å². The summed E-state index contributed by atoms with van der Waals surface area (Å²) in [6.45, 7) is 2.24. The van der Waals surface area contributed by atoms with Crippen LogP contribution in [0.3, 0.4) is 0 Å². The molecule has 3 heterocycles. The molecule has 0 aliphatic carbocycles. The van der Waals surface area contributed by atoms with E-state index < -0.39 is 47.9 Å². The van der Waals surface area contributed by atoms with Crippen LogP contribution >= 0.6 is 0 Å². The fraction of sp³-hybridized carbons (Fsp3) is 0.667. The number of hydrogen-bond donors (Lipinski definition) is 2. The Morgan fingerprint density at radius 2 is 2.10 bits per heavy atom. The second-order valence-electron chi connectivity index (χ2n) is 5.49. The van der Waals surface area contributed by atoms with Gasteiger partial charge in [0, 0.05) is 12.3 Å². The molecule has 2 aliphatic rings. The maximum Gasteiger partial charge on any atom is 0.330 e. The van der Waals surface area contributed by atoms with Crippen LogP contribution in [-0.4, -0.2) is 45.1 Å². The van der Waals surface area contributed by atoms with Gasteiger partial charge in [0.15, 0.2) is 18.1 Å². The zero-order valence-corrected chi connectivity index (χ0v) is 11.4. The molecule has 0 aromatic carbocycles. The molecular formula is C12H15FN2O6. The van der Waals surface area contributed by atoms with Crippen molar-refractivity contribution in [3.8, 4) is 0 Å². The largest absolute Gasteiger partial charge is 0.390 e. The lowest BCUT2D eigenvalue weighted by Gasteiger charge is -2.27. The van der Waals surface area contributed by atoms with Gasteiger partial charge in [0.1, 0.15) is 12.7 Å². The summed E-state index contributed by atoms with van der Waals surface area (Å²) in [7, 11) is 0. The van der Waals surface area contributed by atoms with Crippen LogP contribution in [0.2, 0.25) is 0 Å². The molecule has 0 saturated carbocycles. The van der Waals surface area contributed by atoms with Gasteiger partial charge in [0.05, 0.1) is 0 Å². The van der Waals surface area contributed by atoms with Crippen LogP contribution in [0.5, 0.6) is 0 Å². The second kappa shape index (κ2) is 4.47. The van der Waals surface area contributed by atoms with E-state index in [1.165, 1.54) is 6.20 Å². The minimum Gasteiger partial charge on any atom is -0.390 e. The minimum atomic E-state index is -2.49. The average molecular weight is 302 g/mol. The maximum atomic E-state index is 14.6. The fourth-order valence-corrected chi connectivity index (χ4v) is 2.64. The Labute approximate surface area is 118 Å². The molecule has 21 heavy (non-hydrogen) atoms. The summed E-state index contributed by atoms with van der Waals surface area (Å²) in [5, 5.41) is 9.24. The number of H-pyrrole nitrogens is 1. The maximum absolute atomic E-state index is 14.6. The Morgan fingerprint density at radius 1 is 1.38 bits per heavy atom. The third kappa shape index (κ3) is 2.22. The van der Waals surface area contributed by atoms with Gasteiger partial charge in [0.2, 0.25) is 0 Å². The number of aromatic amines is 1. The number of ether oxygens (including phenoxy) is 3. The Bertz CT molecular complexity index is 670. The lowest BCUT2D eigenvalue weighted by atomic mass is 10.1. The first-order chi connectivity index (χ1) is 9.76. The van der Waals surface area contributed by atoms with Crippen molar-refractivity contribution in [2.45, 2.75) is 43.9 Å². The van der Waals surface area contributed by atoms with E-state index in [2.05, 4.69) is 4.98 Å². The third-order valence-corrected chi connectivity index (χ3v) is 3.49. The second-order valence-corrected chi connectivity index (χ2v) is 5.49. The molecule has 0 spiro atoms. The number of hydrogen-bond acceptors (Lipinski definition) is 6. The van der Waals surface area contributed by atoms with Gasteiger partial charge in [-0.25, -0.2) is 9.18 Å². The molecule has 2 N–H and O–H groups in total. The molecule has 2 aliphatic heterocycles. The van der Waals surface area contributed by atoms with E-state index in [1.807, 2.05) is 0 Å². The molecule has 2 saturated heterocycles. The zero-order valence-electron chi connectivity index (χ0n) is 11.4. The summed E-state index contributed by atoms with van der Waals surface area (Å²) < 4.78 is 31.8. The average Bonchev–Trinajstić information content (AvgIpc) is 2.84. The molecule has 0 amide bonds. The van der Waals surface area contributed by atoms with Crippen molar-refractivity contribution in [2.75, 3.05) is 6.61 Å².